The SMILES string of the molecule is C[C@H](NC(=O)[C@H](C)NC(=O)[C@H](C)NC(=O)[C@H](C)NC(=O)[C@H](C)NC=O)C(N)=O. The first-order valence-electron chi connectivity index (χ1n) is 8.61. The van der Waals surface area contributed by atoms with Crippen LogP contribution in [-0.2, 0) is 28.8 Å². The minimum absolute atomic E-state index is 0.364. The molecule has 6 amide bonds. The van der Waals surface area contributed by atoms with Crippen molar-refractivity contribution in [3.8, 4) is 0 Å². The first-order valence-corrected chi connectivity index (χ1v) is 8.61. The maximum Gasteiger partial charge on any atom is 0.242 e. The van der Waals surface area contributed by atoms with E-state index in [1.165, 1.54) is 34.6 Å². The van der Waals surface area contributed by atoms with Crippen LogP contribution >= 0.6 is 0 Å². The molecule has 0 saturated carbocycles. The summed E-state index contributed by atoms with van der Waals surface area (Å²) in [4.78, 5) is 69.1. The number of hydrogen-bond acceptors (Lipinski definition) is 6. The Hall–Kier alpha value is -3.18. The van der Waals surface area contributed by atoms with Crippen LogP contribution in [0.1, 0.15) is 34.6 Å². The van der Waals surface area contributed by atoms with Gasteiger partial charge in [0.15, 0.2) is 0 Å². The van der Waals surface area contributed by atoms with Gasteiger partial charge in [0.1, 0.15) is 30.2 Å². The van der Waals surface area contributed by atoms with Crippen LogP contribution in [0.2, 0.25) is 0 Å². The van der Waals surface area contributed by atoms with E-state index < -0.39 is 59.7 Å². The molecular formula is C16H28N6O6. The van der Waals surface area contributed by atoms with Gasteiger partial charge in [-0.25, -0.2) is 0 Å². The third-order valence-electron chi connectivity index (χ3n) is 3.75. The molecule has 0 aliphatic heterocycles. The molecule has 0 aliphatic carbocycles. The molecule has 0 saturated heterocycles. The summed E-state index contributed by atoms with van der Waals surface area (Å²) in [5.41, 5.74) is 5.05. The summed E-state index contributed by atoms with van der Waals surface area (Å²) in [6, 6.07) is -4.65. The summed E-state index contributed by atoms with van der Waals surface area (Å²) >= 11 is 0. The second kappa shape index (κ2) is 11.5. The zero-order valence-corrected chi connectivity index (χ0v) is 16.5. The molecule has 0 heterocycles. The molecule has 12 nitrogen and oxygen atoms in total. The second-order valence-electron chi connectivity index (χ2n) is 6.33. The summed E-state index contributed by atoms with van der Waals surface area (Å²) in [6.45, 7) is 7.05. The van der Waals surface area contributed by atoms with Gasteiger partial charge in [-0.15, -0.1) is 0 Å². The van der Waals surface area contributed by atoms with Crippen molar-refractivity contribution in [3.05, 3.63) is 0 Å². The lowest BCUT2D eigenvalue weighted by Crippen LogP contribution is -2.56. The van der Waals surface area contributed by atoms with Crippen molar-refractivity contribution in [1.29, 1.82) is 0 Å². The quantitative estimate of drug-likeness (QED) is 0.196. The van der Waals surface area contributed by atoms with Gasteiger partial charge in [-0.2, -0.15) is 0 Å². The highest BCUT2D eigenvalue weighted by molar-refractivity contribution is 5.95. The molecule has 0 spiro atoms. The van der Waals surface area contributed by atoms with E-state index in [0.29, 0.717) is 6.41 Å². The molecule has 28 heavy (non-hydrogen) atoms. The number of amides is 6. The van der Waals surface area contributed by atoms with Crippen LogP contribution in [0.15, 0.2) is 0 Å². The maximum atomic E-state index is 12.1. The lowest BCUT2D eigenvalue weighted by molar-refractivity contribution is -0.133. The Morgan fingerprint density at radius 2 is 0.893 bits per heavy atom. The fourth-order valence-electron chi connectivity index (χ4n) is 1.80. The Morgan fingerprint density at radius 3 is 1.18 bits per heavy atom. The van der Waals surface area contributed by atoms with Gasteiger partial charge >= 0.3 is 0 Å². The summed E-state index contributed by atoms with van der Waals surface area (Å²) in [5.74, 6) is -3.18. The predicted molar refractivity (Wildman–Crippen MR) is 98.3 cm³/mol. The van der Waals surface area contributed by atoms with Crippen molar-refractivity contribution in [3.63, 3.8) is 0 Å². The molecule has 0 fully saturated rings. The molecule has 12 heteroatoms. The zero-order valence-electron chi connectivity index (χ0n) is 16.5. The average Bonchev–Trinajstić information content (AvgIpc) is 2.60. The van der Waals surface area contributed by atoms with Crippen LogP contribution in [0.4, 0.5) is 0 Å². The fraction of sp³-hybridized carbons (Fsp3) is 0.625. The van der Waals surface area contributed by atoms with Gasteiger partial charge in [0.05, 0.1) is 0 Å². The Bertz CT molecular complexity index is 625. The van der Waals surface area contributed by atoms with Crippen molar-refractivity contribution in [2.75, 3.05) is 0 Å². The number of hydrogen-bond donors (Lipinski definition) is 6. The van der Waals surface area contributed by atoms with Crippen molar-refractivity contribution in [1.82, 2.24) is 26.6 Å². The van der Waals surface area contributed by atoms with E-state index in [9.17, 15) is 28.8 Å². The van der Waals surface area contributed by atoms with Crippen LogP contribution in [-0.4, -0.2) is 66.2 Å². The lowest BCUT2D eigenvalue weighted by Gasteiger charge is -2.21. The fourth-order valence-corrected chi connectivity index (χ4v) is 1.80. The number of rotatable bonds is 11. The first-order chi connectivity index (χ1) is 12.9. The third kappa shape index (κ3) is 8.47. The highest BCUT2D eigenvalue weighted by Gasteiger charge is 2.25. The van der Waals surface area contributed by atoms with Gasteiger partial charge in [0, 0.05) is 0 Å². The van der Waals surface area contributed by atoms with Gasteiger partial charge in [-0.3, -0.25) is 28.8 Å². The average molecular weight is 400 g/mol. The van der Waals surface area contributed by atoms with E-state index in [2.05, 4.69) is 26.6 Å². The van der Waals surface area contributed by atoms with Crippen LogP contribution in [0.3, 0.4) is 0 Å². The topological polar surface area (TPSA) is 189 Å². The summed E-state index contributed by atoms with van der Waals surface area (Å²) in [5, 5.41) is 11.8. The predicted octanol–water partition coefficient (Wildman–Crippen LogP) is -3.37. The van der Waals surface area contributed by atoms with E-state index in [4.69, 9.17) is 5.73 Å². The molecule has 0 aromatic carbocycles. The largest absolute Gasteiger partial charge is 0.368 e. The van der Waals surface area contributed by atoms with Crippen molar-refractivity contribution >= 4 is 35.9 Å². The highest BCUT2D eigenvalue weighted by Crippen LogP contribution is 1.92. The summed E-state index contributed by atoms with van der Waals surface area (Å²) < 4.78 is 0. The number of nitrogens with two attached hydrogens (primary N) is 1. The summed E-state index contributed by atoms with van der Waals surface area (Å²) in [6.07, 6.45) is 0.364. The Balaban J connectivity index is 4.57. The molecule has 158 valence electrons. The minimum atomic E-state index is -0.999. The summed E-state index contributed by atoms with van der Waals surface area (Å²) in [7, 11) is 0. The van der Waals surface area contributed by atoms with E-state index in [-0.39, 0.29) is 0 Å². The molecule has 0 unspecified atom stereocenters. The van der Waals surface area contributed by atoms with E-state index in [1.807, 2.05) is 0 Å². The van der Waals surface area contributed by atoms with Gasteiger partial charge in [-0.1, -0.05) is 0 Å². The normalized spacial score (nSPS) is 15.6. The molecule has 0 rings (SSSR count). The van der Waals surface area contributed by atoms with Gasteiger partial charge in [0.25, 0.3) is 0 Å². The minimum Gasteiger partial charge on any atom is -0.368 e. The first kappa shape index (κ1) is 24.8. The Morgan fingerprint density at radius 1 is 0.607 bits per heavy atom. The molecule has 5 atom stereocenters. The van der Waals surface area contributed by atoms with Crippen LogP contribution in [0.5, 0.6) is 0 Å². The van der Waals surface area contributed by atoms with Crippen molar-refractivity contribution < 1.29 is 28.8 Å². The van der Waals surface area contributed by atoms with Crippen LogP contribution in [0.25, 0.3) is 0 Å². The smallest absolute Gasteiger partial charge is 0.242 e. The number of carbonyl (C=O) groups is 6. The van der Waals surface area contributed by atoms with Crippen LogP contribution < -0.4 is 32.3 Å². The molecular weight excluding hydrogens is 372 g/mol. The number of carbonyl (C=O) groups excluding carboxylic acids is 6. The monoisotopic (exact) mass is 400 g/mol. The molecule has 0 radical (unpaired) electrons. The number of primary amides is 1. The maximum absolute atomic E-state index is 12.1. The van der Waals surface area contributed by atoms with Crippen molar-refractivity contribution in [2.45, 2.75) is 64.8 Å². The van der Waals surface area contributed by atoms with E-state index >= 15 is 0 Å². The standard InChI is InChI=1S/C16H28N6O6/c1-7(12(17)24)19-14(26)9(3)21-16(28)11(5)22-15(27)10(4)20-13(25)8(2)18-6-23/h6-11H,1-5H3,(H2,17,24)(H,18,23)(H,19,26)(H,20,25)(H,21,28)(H,22,27)/t7-,8-,9-,10-,11-/m0/s1. The molecule has 7 N–H and O–H groups in total. The molecule has 0 bridgehead atoms. The highest BCUT2D eigenvalue weighted by atomic mass is 16.2. The van der Waals surface area contributed by atoms with Crippen molar-refractivity contribution in [2.24, 2.45) is 5.73 Å². The molecule has 0 aromatic rings. The second-order valence-corrected chi connectivity index (χ2v) is 6.33. The van der Waals surface area contributed by atoms with Gasteiger partial charge in [-0.05, 0) is 34.6 Å². The number of nitrogens with one attached hydrogen (secondary N) is 5. The van der Waals surface area contributed by atoms with Gasteiger partial charge < -0.3 is 32.3 Å². The van der Waals surface area contributed by atoms with Gasteiger partial charge in [0.2, 0.25) is 35.9 Å². The molecule has 0 aliphatic rings. The zero-order chi connectivity index (χ0) is 22.0. The van der Waals surface area contributed by atoms with E-state index in [0.717, 1.165) is 0 Å². The third-order valence-corrected chi connectivity index (χ3v) is 3.75. The van der Waals surface area contributed by atoms with E-state index in [1.54, 1.807) is 0 Å². The Kier molecular flexibility index (Phi) is 10.2. The lowest BCUT2D eigenvalue weighted by atomic mass is 10.2. The van der Waals surface area contributed by atoms with Crippen LogP contribution in [0, 0.1) is 0 Å². The molecule has 0 aromatic heterocycles. The Labute approximate surface area is 162 Å².